The van der Waals surface area contributed by atoms with E-state index in [9.17, 15) is 0 Å². The minimum absolute atomic E-state index is 0.576. The van der Waals surface area contributed by atoms with Crippen LogP contribution in [0.25, 0.3) is 10.9 Å². The van der Waals surface area contributed by atoms with E-state index in [-0.39, 0.29) is 0 Å². The number of hydrogen-bond acceptors (Lipinski definition) is 3. The molecule has 0 spiro atoms. The van der Waals surface area contributed by atoms with Gasteiger partial charge >= 0.3 is 0 Å². The van der Waals surface area contributed by atoms with Crippen molar-refractivity contribution < 1.29 is 4.74 Å². The highest BCUT2D eigenvalue weighted by atomic mass is 16.5. The summed E-state index contributed by atoms with van der Waals surface area (Å²) >= 11 is 0. The van der Waals surface area contributed by atoms with Gasteiger partial charge in [0.15, 0.2) is 0 Å². The van der Waals surface area contributed by atoms with Crippen LogP contribution in [0, 0.1) is 0 Å². The minimum atomic E-state index is 0.576. The zero-order chi connectivity index (χ0) is 27.6. The maximum Gasteiger partial charge on any atom is 0.129 e. The number of rotatable bonds is 14. The van der Waals surface area contributed by atoms with Gasteiger partial charge in [-0.3, -0.25) is 4.90 Å². The van der Waals surface area contributed by atoms with Crippen LogP contribution in [-0.2, 0) is 32.7 Å². The fraction of sp³-hybridized carbons (Fsp3) is 0.278. The van der Waals surface area contributed by atoms with Crippen molar-refractivity contribution in [3.63, 3.8) is 0 Å². The summed E-state index contributed by atoms with van der Waals surface area (Å²) in [6, 6.07) is 38.5. The highest BCUT2D eigenvalue weighted by Crippen LogP contribution is 2.32. The molecule has 0 amide bonds. The number of likely N-dealkylation sites (N-methyl/N-ethyl adjacent to an activating group) is 1. The summed E-state index contributed by atoms with van der Waals surface area (Å²) in [6.07, 6.45) is 4.43. The second-order valence-electron chi connectivity index (χ2n) is 10.9. The average Bonchev–Trinajstić information content (AvgIpc) is 3.34. The summed E-state index contributed by atoms with van der Waals surface area (Å²) in [5.74, 6) is 0.976. The van der Waals surface area contributed by atoms with Crippen LogP contribution in [-0.4, -0.2) is 41.6 Å². The first-order valence-corrected chi connectivity index (χ1v) is 14.4. The molecule has 40 heavy (non-hydrogen) atoms. The van der Waals surface area contributed by atoms with Crippen LogP contribution in [0.2, 0.25) is 0 Å². The van der Waals surface area contributed by atoms with E-state index in [1.54, 1.807) is 0 Å². The summed E-state index contributed by atoms with van der Waals surface area (Å²) < 4.78 is 8.85. The van der Waals surface area contributed by atoms with Crippen molar-refractivity contribution in [3.05, 3.63) is 138 Å². The SMILES string of the molecule is CN(C)CCc1cn(CCCN(Cc2ccccc2)Cc2ccccc2)c2cccc(OCc3ccccc3)c12. The Morgan fingerprint density at radius 3 is 1.85 bits per heavy atom. The van der Waals surface area contributed by atoms with Crippen molar-refractivity contribution in [1.29, 1.82) is 0 Å². The highest BCUT2D eigenvalue weighted by Gasteiger charge is 2.15. The molecular formula is C36H41N3O. The van der Waals surface area contributed by atoms with Gasteiger partial charge < -0.3 is 14.2 Å². The Hall–Kier alpha value is -3.86. The molecule has 0 atom stereocenters. The third kappa shape index (κ3) is 7.62. The van der Waals surface area contributed by atoms with E-state index in [0.717, 1.165) is 51.3 Å². The molecule has 4 aromatic carbocycles. The molecule has 5 rings (SSSR count). The van der Waals surface area contributed by atoms with Crippen molar-refractivity contribution in [3.8, 4) is 5.75 Å². The monoisotopic (exact) mass is 531 g/mol. The molecule has 0 aliphatic heterocycles. The van der Waals surface area contributed by atoms with Crippen LogP contribution >= 0.6 is 0 Å². The first-order chi connectivity index (χ1) is 19.7. The Bertz CT molecular complexity index is 1400. The van der Waals surface area contributed by atoms with Crippen LogP contribution in [0.15, 0.2) is 115 Å². The van der Waals surface area contributed by atoms with E-state index in [1.807, 2.05) is 6.07 Å². The van der Waals surface area contributed by atoms with E-state index in [1.165, 1.54) is 33.2 Å². The van der Waals surface area contributed by atoms with Gasteiger partial charge in [0.2, 0.25) is 0 Å². The molecule has 0 unspecified atom stereocenters. The molecule has 0 N–H and O–H groups in total. The zero-order valence-electron chi connectivity index (χ0n) is 23.9. The van der Waals surface area contributed by atoms with Crippen molar-refractivity contribution in [2.45, 2.75) is 39.1 Å². The maximum atomic E-state index is 6.41. The van der Waals surface area contributed by atoms with Gasteiger partial charge in [-0.15, -0.1) is 0 Å². The van der Waals surface area contributed by atoms with Gasteiger partial charge in [0.1, 0.15) is 12.4 Å². The van der Waals surface area contributed by atoms with Crippen LogP contribution in [0.1, 0.15) is 28.7 Å². The summed E-state index contributed by atoms with van der Waals surface area (Å²) in [5, 5.41) is 1.26. The summed E-state index contributed by atoms with van der Waals surface area (Å²) in [6.45, 7) is 5.49. The van der Waals surface area contributed by atoms with Gasteiger partial charge in [-0.2, -0.15) is 0 Å². The van der Waals surface area contributed by atoms with Crippen molar-refractivity contribution in [1.82, 2.24) is 14.4 Å². The van der Waals surface area contributed by atoms with Gasteiger partial charge in [0, 0.05) is 44.3 Å². The van der Waals surface area contributed by atoms with Gasteiger partial charge in [-0.1, -0.05) is 97.1 Å². The Morgan fingerprint density at radius 1 is 0.650 bits per heavy atom. The lowest BCUT2D eigenvalue weighted by Gasteiger charge is -2.23. The summed E-state index contributed by atoms with van der Waals surface area (Å²) in [5.41, 5.74) is 6.52. The lowest BCUT2D eigenvalue weighted by molar-refractivity contribution is 0.249. The fourth-order valence-corrected chi connectivity index (χ4v) is 5.34. The minimum Gasteiger partial charge on any atom is -0.488 e. The molecule has 1 aromatic heterocycles. The molecule has 0 aliphatic carbocycles. The second-order valence-corrected chi connectivity index (χ2v) is 10.9. The molecule has 0 radical (unpaired) electrons. The van der Waals surface area contributed by atoms with E-state index in [2.05, 4.69) is 138 Å². The number of fused-ring (bicyclic) bond motifs is 1. The van der Waals surface area contributed by atoms with Crippen LogP contribution < -0.4 is 4.74 Å². The normalized spacial score (nSPS) is 11.5. The first-order valence-electron chi connectivity index (χ1n) is 14.4. The van der Waals surface area contributed by atoms with E-state index < -0.39 is 0 Å². The summed E-state index contributed by atoms with van der Waals surface area (Å²) in [7, 11) is 4.28. The molecule has 4 heteroatoms. The van der Waals surface area contributed by atoms with Crippen LogP contribution in [0.3, 0.4) is 0 Å². The van der Waals surface area contributed by atoms with Crippen molar-refractivity contribution in [2.75, 3.05) is 27.2 Å². The van der Waals surface area contributed by atoms with Gasteiger partial charge in [-0.05, 0) is 61.3 Å². The number of aromatic nitrogens is 1. The Labute approximate surface area is 239 Å². The highest BCUT2D eigenvalue weighted by molar-refractivity contribution is 5.90. The van der Waals surface area contributed by atoms with E-state index in [4.69, 9.17) is 4.74 Å². The maximum absolute atomic E-state index is 6.41. The van der Waals surface area contributed by atoms with Crippen molar-refractivity contribution >= 4 is 10.9 Å². The number of hydrogen-bond donors (Lipinski definition) is 0. The summed E-state index contributed by atoms with van der Waals surface area (Å²) in [4.78, 5) is 4.82. The van der Waals surface area contributed by atoms with Gasteiger partial charge in [0.05, 0.1) is 5.52 Å². The molecule has 0 saturated carbocycles. The average molecular weight is 532 g/mol. The molecule has 5 aromatic rings. The standard InChI is InChI=1S/C36H41N3O/c1-37(2)25-22-33-28-39(34-20-12-21-35(36(33)34)40-29-32-18-10-5-11-19-32)24-13-23-38(26-30-14-6-3-7-15-30)27-31-16-8-4-9-17-31/h3-12,14-21,28H,13,22-27,29H2,1-2H3. The number of nitrogens with zero attached hydrogens (tertiary/aromatic N) is 3. The molecule has 0 bridgehead atoms. The molecule has 1 heterocycles. The molecule has 0 saturated heterocycles. The molecule has 0 aliphatic rings. The van der Waals surface area contributed by atoms with Crippen molar-refractivity contribution in [2.24, 2.45) is 0 Å². The largest absolute Gasteiger partial charge is 0.488 e. The molecule has 0 fully saturated rings. The lowest BCUT2D eigenvalue weighted by atomic mass is 10.1. The molecule has 4 nitrogen and oxygen atoms in total. The third-order valence-electron chi connectivity index (χ3n) is 7.38. The molecule has 206 valence electrons. The number of ether oxygens (including phenoxy) is 1. The quantitative estimate of drug-likeness (QED) is 0.149. The van der Waals surface area contributed by atoms with Gasteiger partial charge in [-0.25, -0.2) is 0 Å². The van der Waals surface area contributed by atoms with E-state index in [0.29, 0.717) is 6.61 Å². The Morgan fingerprint density at radius 2 is 1.25 bits per heavy atom. The molecular weight excluding hydrogens is 490 g/mol. The predicted molar refractivity (Wildman–Crippen MR) is 167 cm³/mol. The van der Waals surface area contributed by atoms with Crippen LogP contribution in [0.5, 0.6) is 5.75 Å². The van der Waals surface area contributed by atoms with Crippen LogP contribution in [0.4, 0.5) is 0 Å². The number of benzene rings is 4. The Kier molecular flexibility index (Phi) is 9.68. The predicted octanol–water partition coefficient (Wildman–Crippen LogP) is 7.42. The Balaban J connectivity index is 1.33. The third-order valence-corrected chi connectivity index (χ3v) is 7.38. The second kappa shape index (κ2) is 14.0. The van der Waals surface area contributed by atoms with Gasteiger partial charge in [0.25, 0.3) is 0 Å². The van der Waals surface area contributed by atoms with E-state index >= 15 is 0 Å². The lowest BCUT2D eigenvalue weighted by Crippen LogP contribution is -2.25. The smallest absolute Gasteiger partial charge is 0.129 e. The first kappa shape index (κ1) is 27.7. The fourth-order valence-electron chi connectivity index (χ4n) is 5.34. The topological polar surface area (TPSA) is 20.6 Å². The zero-order valence-corrected chi connectivity index (χ0v) is 23.9. The number of aryl methyl sites for hydroxylation is 1.